The number of hydroxylamine groups is 1. The number of benzene rings is 1. The van der Waals surface area contributed by atoms with E-state index in [1.807, 2.05) is 20.8 Å². The van der Waals surface area contributed by atoms with Crippen molar-refractivity contribution in [2.45, 2.75) is 32.5 Å². The predicted octanol–water partition coefficient (Wildman–Crippen LogP) is 3.72. The fourth-order valence-electron chi connectivity index (χ4n) is 3.08. The van der Waals surface area contributed by atoms with Crippen LogP contribution in [0.3, 0.4) is 0 Å². The number of halogens is 2. The lowest BCUT2D eigenvalue weighted by atomic mass is 10.1. The van der Waals surface area contributed by atoms with E-state index in [-0.39, 0.29) is 11.1 Å². The molecule has 3 aromatic rings. The summed E-state index contributed by atoms with van der Waals surface area (Å²) in [5.74, 6) is 1.13. The molecule has 2 aromatic heterocycles. The fourth-order valence-corrected chi connectivity index (χ4v) is 3.23. The van der Waals surface area contributed by atoms with Gasteiger partial charge in [-0.05, 0) is 32.9 Å². The first kappa shape index (κ1) is 19.4. The van der Waals surface area contributed by atoms with Crippen molar-refractivity contribution in [1.29, 1.82) is 0 Å². The van der Waals surface area contributed by atoms with E-state index in [0.717, 1.165) is 0 Å². The number of amidine groups is 1. The van der Waals surface area contributed by atoms with Gasteiger partial charge in [-0.15, -0.1) is 0 Å². The third-order valence-corrected chi connectivity index (χ3v) is 4.80. The average Bonchev–Trinajstić information content (AvgIpc) is 3.25. The van der Waals surface area contributed by atoms with Crippen LogP contribution in [0.25, 0.3) is 5.65 Å². The van der Waals surface area contributed by atoms with E-state index in [9.17, 15) is 4.39 Å². The molecule has 0 bridgehead atoms. The van der Waals surface area contributed by atoms with Gasteiger partial charge in [-0.25, -0.2) is 29.2 Å². The Labute approximate surface area is 171 Å². The van der Waals surface area contributed by atoms with E-state index in [4.69, 9.17) is 21.2 Å². The zero-order valence-corrected chi connectivity index (χ0v) is 17.1. The maximum absolute atomic E-state index is 14.0. The molecular formula is C19H20ClFN6O2. The van der Waals surface area contributed by atoms with Gasteiger partial charge in [0.1, 0.15) is 17.4 Å². The van der Waals surface area contributed by atoms with Crippen molar-refractivity contribution < 1.29 is 14.0 Å². The quantitative estimate of drug-likeness (QED) is 0.656. The summed E-state index contributed by atoms with van der Waals surface area (Å²) in [6.45, 7) is 5.58. The molecule has 29 heavy (non-hydrogen) atoms. The number of rotatable bonds is 5. The zero-order valence-electron chi connectivity index (χ0n) is 16.3. The van der Waals surface area contributed by atoms with E-state index in [0.29, 0.717) is 34.2 Å². The van der Waals surface area contributed by atoms with Crippen LogP contribution in [-0.2, 0) is 4.84 Å². The highest BCUT2D eigenvalue weighted by molar-refractivity contribution is 6.30. The molecule has 0 saturated heterocycles. The molecule has 2 N–H and O–H groups in total. The van der Waals surface area contributed by atoms with E-state index in [1.165, 1.54) is 19.2 Å². The largest absolute Gasteiger partial charge is 0.496 e. The van der Waals surface area contributed by atoms with Crippen LogP contribution in [0.15, 0.2) is 35.6 Å². The number of methoxy groups -OCH3 is 1. The van der Waals surface area contributed by atoms with Crippen molar-refractivity contribution >= 4 is 28.9 Å². The molecule has 0 fully saturated rings. The van der Waals surface area contributed by atoms with Gasteiger partial charge in [0.05, 0.1) is 29.9 Å². The normalized spacial score (nSPS) is 16.4. The maximum Gasteiger partial charge on any atom is 0.182 e. The van der Waals surface area contributed by atoms with Crippen LogP contribution < -0.4 is 15.5 Å². The molecule has 0 saturated carbocycles. The summed E-state index contributed by atoms with van der Waals surface area (Å²) in [7, 11) is 1.52. The third-order valence-electron chi connectivity index (χ3n) is 4.51. The van der Waals surface area contributed by atoms with Gasteiger partial charge in [-0.1, -0.05) is 11.6 Å². The number of nitrogens with zero attached hydrogens (tertiary/aromatic N) is 4. The predicted molar refractivity (Wildman–Crippen MR) is 108 cm³/mol. The summed E-state index contributed by atoms with van der Waals surface area (Å²) < 4.78 is 21.0. The second-order valence-corrected chi connectivity index (χ2v) is 7.53. The number of fused-ring (bicyclic) bond motifs is 1. The average molecular weight is 419 g/mol. The highest BCUT2D eigenvalue weighted by Crippen LogP contribution is 2.32. The molecule has 0 unspecified atom stereocenters. The molecule has 152 valence electrons. The molecule has 1 aliphatic heterocycles. The van der Waals surface area contributed by atoms with Gasteiger partial charge in [0, 0.05) is 17.8 Å². The van der Waals surface area contributed by atoms with Crippen LogP contribution in [0, 0.1) is 5.82 Å². The first-order valence-electron chi connectivity index (χ1n) is 8.95. The van der Waals surface area contributed by atoms with Crippen LogP contribution >= 0.6 is 11.6 Å². The smallest absolute Gasteiger partial charge is 0.182 e. The Balaban J connectivity index is 1.66. The molecule has 0 aliphatic carbocycles. The molecule has 1 aliphatic rings. The van der Waals surface area contributed by atoms with Gasteiger partial charge < -0.3 is 10.1 Å². The second-order valence-electron chi connectivity index (χ2n) is 7.12. The van der Waals surface area contributed by atoms with Crippen molar-refractivity contribution in [1.82, 2.24) is 20.1 Å². The number of nitrogens with one attached hydrogen (secondary N) is 2. The highest BCUT2D eigenvalue weighted by atomic mass is 35.5. The van der Waals surface area contributed by atoms with E-state index in [1.54, 1.807) is 23.0 Å². The minimum atomic E-state index is -0.664. The Morgan fingerprint density at radius 3 is 2.86 bits per heavy atom. The van der Waals surface area contributed by atoms with E-state index in [2.05, 4.69) is 25.9 Å². The molecule has 0 spiro atoms. The lowest BCUT2D eigenvalue weighted by molar-refractivity contribution is -0.0269. The Hall–Kier alpha value is -2.91. The number of hydrogen-bond acceptors (Lipinski definition) is 7. The molecule has 0 amide bonds. The van der Waals surface area contributed by atoms with Crippen LogP contribution in [-0.4, -0.2) is 33.3 Å². The SMILES string of the molecule is COc1cc(Cl)c(F)cc1[C@@H](C)Nc1ccn2ncc(C3=NC(C)(C)ON3)c2n1. The van der Waals surface area contributed by atoms with E-state index >= 15 is 0 Å². The first-order chi connectivity index (χ1) is 13.8. The summed E-state index contributed by atoms with van der Waals surface area (Å²) in [5, 5.41) is 7.58. The minimum Gasteiger partial charge on any atom is -0.496 e. The summed E-state index contributed by atoms with van der Waals surface area (Å²) in [6, 6.07) is 4.31. The molecule has 8 nitrogen and oxygen atoms in total. The van der Waals surface area contributed by atoms with Crippen LogP contribution in [0.1, 0.15) is 37.9 Å². The Morgan fingerprint density at radius 2 is 2.17 bits per heavy atom. The fraction of sp³-hybridized carbons (Fsp3) is 0.316. The standard InChI is InChI=1S/C19H20ClFN6O2/c1-10(11-7-14(21)13(20)8-15(11)28-4)23-16-5-6-27-18(24-16)12(9-22-27)17-25-19(2,3)29-26-17/h5-10H,1-4H3,(H,23,24)(H,25,26)/t10-/m1/s1. The van der Waals surface area contributed by atoms with Crippen molar-refractivity contribution in [3.8, 4) is 5.75 Å². The van der Waals surface area contributed by atoms with E-state index < -0.39 is 11.5 Å². The van der Waals surface area contributed by atoms with Gasteiger partial charge in [-0.2, -0.15) is 5.10 Å². The lowest BCUT2D eigenvalue weighted by Crippen LogP contribution is -2.23. The number of ether oxygens (including phenoxy) is 1. The summed E-state index contributed by atoms with van der Waals surface area (Å²) in [4.78, 5) is 14.6. The maximum atomic E-state index is 14.0. The molecule has 3 heterocycles. The second kappa shape index (κ2) is 7.16. The lowest BCUT2D eigenvalue weighted by Gasteiger charge is -2.18. The van der Waals surface area contributed by atoms with Crippen LogP contribution in [0.2, 0.25) is 5.02 Å². The third kappa shape index (κ3) is 3.70. The molecule has 0 radical (unpaired) electrons. The Morgan fingerprint density at radius 1 is 1.38 bits per heavy atom. The summed E-state index contributed by atoms with van der Waals surface area (Å²) in [6.07, 6.45) is 3.45. The van der Waals surface area contributed by atoms with Gasteiger partial charge in [0.2, 0.25) is 0 Å². The van der Waals surface area contributed by atoms with Gasteiger partial charge in [-0.3, -0.25) is 0 Å². The topological polar surface area (TPSA) is 85.1 Å². The minimum absolute atomic E-state index is 0.0104. The summed E-state index contributed by atoms with van der Waals surface area (Å²) >= 11 is 5.86. The summed E-state index contributed by atoms with van der Waals surface area (Å²) in [5.41, 5.74) is 4.09. The van der Waals surface area contributed by atoms with Gasteiger partial charge in [0.25, 0.3) is 0 Å². The molecule has 1 atom stereocenters. The molecule has 1 aromatic carbocycles. The van der Waals surface area contributed by atoms with Gasteiger partial charge in [0.15, 0.2) is 17.2 Å². The van der Waals surface area contributed by atoms with Crippen molar-refractivity contribution in [2.24, 2.45) is 4.99 Å². The molecular weight excluding hydrogens is 399 g/mol. The van der Waals surface area contributed by atoms with Crippen LogP contribution in [0.5, 0.6) is 5.75 Å². The van der Waals surface area contributed by atoms with Crippen molar-refractivity contribution in [3.05, 3.63) is 52.6 Å². The monoisotopic (exact) mass is 418 g/mol. The number of hydrogen-bond donors (Lipinski definition) is 2. The van der Waals surface area contributed by atoms with Gasteiger partial charge >= 0.3 is 0 Å². The zero-order chi connectivity index (χ0) is 20.8. The Kier molecular flexibility index (Phi) is 4.79. The number of anilines is 1. The van der Waals surface area contributed by atoms with Crippen LogP contribution in [0.4, 0.5) is 10.2 Å². The van der Waals surface area contributed by atoms with Crippen molar-refractivity contribution in [3.63, 3.8) is 0 Å². The molecule has 4 rings (SSSR count). The van der Waals surface area contributed by atoms with Crippen molar-refractivity contribution in [2.75, 3.05) is 12.4 Å². The highest BCUT2D eigenvalue weighted by Gasteiger charge is 2.28. The molecule has 10 heteroatoms. The number of aromatic nitrogens is 3. The first-order valence-corrected chi connectivity index (χ1v) is 9.33. The number of aliphatic imine (C=N–C) groups is 1. The Bertz CT molecular complexity index is 1110.